The summed E-state index contributed by atoms with van der Waals surface area (Å²) in [5, 5.41) is 0. The van der Waals surface area contributed by atoms with Crippen molar-refractivity contribution < 1.29 is 0 Å². The number of hydrogen-bond acceptors (Lipinski definition) is 2. The first-order chi connectivity index (χ1) is 8.76. The molecule has 2 fully saturated rings. The molecule has 104 valence electrons. The van der Waals surface area contributed by atoms with Crippen LogP contribution in [0.4, 0.5) is 0 Å². The average Bonchev–Trinajstić information content (AvgIpc) is 2.47. The lowest BCUT2D eigenvalue weighted by molar-refractivity contribution is 0.401. The standard InChI is InChI=1S/C15H28N2S/c1-18-15(10-6-3-7-11-15)12-17-14(16)13-8-4-2-5-9-13/h13H,2-12H2,1H3,(H2,16,17). The van der Waals surface area contributed by atoms with Crippen LogP contribution in [0.25, 0.3) is 0 Å². The number of aliphatic imine (C=N–C) groups is 1. The predicted molar refractivity (Wildman–Crippen MR) is 82.4 cm³/mol. The Morgan fingerprint density at radius 3 is 2.33 bits per heavy atom. The summed E-state index contributed by atoms with van der Waals surface area (Å²) in [5.74, 6) is 1.54. The summed E-state index contributed by atoms with van der Waals surface area (Å²) in [7, 11) is 0. The van der Waals surface area contributed by atoms with Gasteiger partial charge in [-0.25, -0.2) is 0 Å². The normalized spacial score (nSPS) is 26.2. The molecule has 0 aromatic heterocycles. The summed E-state index contributed by atoms with van der Waals surface area (Å²) >= 11 is 2.02. The number of hydrogen-bond donors (Lipinski definition) is 1. The number of nitrogens with two attached hydrogens (primary N) is 1. The van der Waals surface area contributed by atoms with Crippen LogP contribution in [0.2, 0.25) is 0 Å². The zero-order valence-electron chi connectivity index (χ0n) is 11.8. The number of nitrogens with zero attached hydrogens (tertiary/aromatic N) is 1. The first-order valence-corrected chi connectivity index (χ1v) is 8.83. The third kappa shape index (κ3) is 3.66. The van der Waals surface area contributed by atoms with Gasteiger partial charge in [0.25, 0.3) is 0 Å². The van der Waals surface area contributed by atoms with Crippen molar-refractivity contribution in [2.24, 2.45) is 16.6 Å². The van der Waals surface area contributed by atoms with Crippen LogP contribution in [0.1, 0.15) is 64.2 Å². The second-order valence-corrected chi connectivity index (χ2v) is 7.30. The van der Waals surface area contributed by atoms with Crippen LogP contribution in [-0.2, 0) is 0 Å². The Balaban J connectivity index is 1.90. The topological polar surface area (TPSA) is 38.4 Å². The maximum atomic E-state index is 6.22. The third-order valence-corrected chi connectivity index (χ3v) is 6.17. The van der Waals surface area contributed by atoms with Crippen molar-refractivity contribution in [2.45, 2.75) is 69.0 Å². The maximum Gasteiger partial charge on any atom is 0.0969 e. The van der Waals surface area contributed by atoms with Gasteiger partial charge in [-0.3, -0.25) is 4.99 Å². The zero-order chi connectivity index (χ0) is 12.8. The fourth-order valence-electron chi connectivity index (χ4n) is 3.39. The first-order valence-electron chi connectivity index (χ1n) is 7.61. The summed E-state index contributed by atoms with van der Waals surface area (Å²) in [4.78, 5) is 4.79. The molecular weight excluding hydrogens is 240 g/mol. The minimum Gasteiger partial charge on any atom is -0.387 e. The van der Waals surface area contributed by atoms with Crippen LogP contribution in [0, 0.1) is 5.92 Å². The van der Waals surface area contributed by atoms with Crippen LogP contribution in [0.3, 0.4) is 0 Å². The van der Waals surface area contributed by atoms with E-state index >= 15 is 0 Å². The van der Waals surface area contributed by atoms with E-state index in [1.165, 1.54) is 64.2 Å². The lowest BCUT2D eigenvalue weighted by Crippen LogP contribution is -2.34. The molecule has 3 heteroatoms. The largest absolute Gasteiger partial charge is 0.387 e. The van der Waals surface area contributed by atoms with Gasteiger partial charge in [0.2, 0.25) is 0 Å². The van der Waals surface area contributed by atoms with Crippen molar-refractivity contribution in [3.63, 3.8) is 0 Å². The Bertz CT molecular complexity index is 276. The molecule has 0 bridgehead atoms. The highest BCUT2D eigenvalue weighted by Crippen LogP contribution is 2.39. The van der Waals surface area contributed by atoms with Gasteiger partial charge in [0.15, 0.2) is 0 Å². The fraction of sp³-hybridized carbons (Fsp3) is 0.933. The van der Waals surface area contributed by atoms with E-state index in [4.69, 9.17) is 10.7 Å². The van der Waals surface area contributed by atoms with Gasteiger partial charge >= 0.3 is 0 Å². The molecule has 0 aromatic carbocycles. The van der Waals surface area contributed by atoms with Gasteiger partial charge in [0, 0.05) is 10.7 Å². The molecule has 2 aliphatic rings. The van der Waals surface area contributed by atoms with E-state index in [1.54, 1.807) is 0 Å². The molecule has 0 heterocycles. The van der Waals surface area contributed by atoms with Crippen molar-refractivity contribution >= 4 is 17.6 Å². The molecule has 0 amide bonds. The average molecular weight is 268 g/mol. The third-order valence-electron chi connectivity index (χ3n) is 4.77. The molecule has 0 spiro atoms. The summed E-state index contributed by atoms with van der Waals surface area (Å²) in [6.45, 7) is 0.955. The number of rotatable bonds is 4. The van der Waals surface area contributed by atoms with Gasteiger partial charge < -0.3 is 5.73 Å². The lowest BCUT2D eigenvalue weighted by atomic mass is 9.87. The summed E-state index contributed by atoms with van der Waals surface area (Å²) in [6, 6.07) is 0. The van der Waals surface area contributed by atoms with Crippen molar-refractivity contribution in [2.75, 3.05) is 12.8 Å². The summed E-state index contributed by atoms with van der Waals surface area (Å²) in [6.07, 6.45) is 15.7. The van der Waals surface area contributed by atoms with Gasteiger partial charge in [-0.1, -0.05) is 38.5 Å². The molecule has 0 aromatic rings. The Hall–Kier alpha value is -0.180. The maximum absolute atomic E-state index is 6.22. The molecule has 18 heavy (non-hydrogen) atoms. The minimum absolute atomic E-state index is 0.400. The molecule has 2 aliphatic carbocycles. The lowest BCUT2D eigenvalue weighted by Gasteiger charge is -2.34. The highest BCUT2D eigenvalue weighted by molar-refractivity contribution is 8.00. The predicted octanol–water partition coefficient (Wildman–Crippen LogP) is 3.99. The Kier molecular flexibility index (Phi) is 5.40. The monoisotopic (exact) mass is 268 g/mol. The van der Waals surface area contributed by atoms with Crippen molar-refractivity contribution in [1.82, 2.24) is 0 Å². The van der Waals surface area contributed by atoms with E-state index in [9.17, 15) is 0 Å². The molecule has 0 atom stereocenters. The Morgan fingerprint density at radius 2 is 1.72 bits per heavy atom. The second-order valence-electron chi connectivity index (χ2n) is 6.02. The zero-order valence-corrected chi connectivity index (χ0v) is 12.6. The van der Waals surface area contributed by atoms with E-state index in [0.717, 1.165) is 12.4 Å². The van der Waals surface area contributed by atoms with Crippen LogP contribution in [0.5, 0.6) is 0 Å². The molecule has 2 rings (SSSR count). The van der Waals surface area contributed by atoms with Crippen LogP contribution in [0.15, 0.2) is 4.99 Å². The van der Waals surface area contributed by atoms with E-state index in [0.29, 0.717) is 10.7 Å². The molecule has 2 N–H and O–H groups in total. The molecule has 0 aliphatic heterocycles. The van der Waals surface area contributed by atoms with E-state index in [1.807, 2.05) is 11.8 Å². The van der Waals surface area contributed by atoms with Gasteiger partial charge in [-0.15, -0.1) is 0 Å². The van der Waals surface area contributed by atoms with Crippen molar-refractivity contribution in [3.05, 3.63) is 0 Å². The van der Waals surface area contributed by atoms with Crippen molar-refractivity contribution in [1.29, 1.82) is 0 Å². The van der Waals surface area contributed by atoms with Crippen LogP contribution >= 0.6 is 11.8 Å². The quantitative estimate of drug-likeness (QED) is 0.618. The van der Waals surface area contributed by atoms with Gasteiger partial charge in [-0.05, 0) is 31.9 Å². The second kappa shape index (κ2) is 6.83. The smallest absolute Gasteiger partial charge is 0.0969 e. The molecule has 2 saturated carbocycles. The molecule has 0 unspecified atom stereocenters. The Labute approximate surface area is 116 Å². The first kappa shape index (κ1) is 14.2. The highest BCUT2D eigenvalue weighted by Gasteiger charge is 2.31. The summed E-state index contributed by atoms with van der Waals surface area (Å²) in [5.41, 5.74) is 6.22. The molecule has 2 nitrogen and oxygen atoms in total. The molecular formula is C15H28N2S. The molecule has 0 radical (unpaired) electrons. The van der Waals surface area contributed by atoms with E-state index in [2.05, 4.69) is 6.26 Å². The van der Waals surface area contributed by atoms with Crippen LogP contribution in [-0.4, -0.2) is 23.4 Å². The van der Waals surface area contributed by atoms with E-state index < -0.39 is 0 Å². The summed E-state index contributed by atoms with van der Waals surface area (Å²) < 4.78 is 0.400. The van der Waals surface area contributed by atoms with Gasteiger partial charge in [0.05, 0.1) is 12.4 Å². The number of thioether (sulfide) groups is 1. The van der Waals surface area contributed by atoms with E-state index in [-0.39, 0.29) is 0 Å². The highest BCUT2D eigenvalue weighted by atomic mass is 32.2. The van der Waals surface area contributed by atoms with Gasteiger partial charge in [-0.2, -0.15) is 11.8 Å². The molecule has 0 saturated heterocycles. The van der Waals surface area contributed by atoms with Gasteiger partial charge in [0.1, 0.15) is 0 Å². The Morgan fingerprint density at radius 1 is 1.11 bits per heavy atom. The SMILES string of the molecule is CSC1(CN=C(N)C2CCCCC2)CCCCC1. The fourth-order valence-corrected chi connectivity index (χ4v) is 4.28. The minimum atomic E-state index is 0.400. The number of amidine groups is 1. The van der Waals surface area contributed by atoms with Crippen LogP contribution < -0.4 is 5.73 Å². The van der Waals surface area contributed by atoms with Crippen molar-refractivity contribution in [3.8, 4) is 0 Å².